The van der Waals surface area contributed by atoms with Gasteiger partial charge in [0.1, 0.15) is 16.9 Å². The van der Waals surface area contributed by atoms with Gasteiger partial charge in [-0.15, -0.1) is 0 Å². The zero-order valence-corrected chi connectivity index (χ0v) is 13.8. The predicted molar refractivity (Wildman–Crippen MR) is 90.8 cm³/mol. The minimum Gasteiger partial charge on any atom is -0.507 e. The number of hydrogen-bond donors (Lipinski definition) is 2. The molecule has 2 aromatic rings. The van der Waals surface area contributed by atoms with E-state index >= 15 is 0 Å². The van der Waals surface area contributed by atoms with E-state index in [0.717, 1.165) is 23.6 Å². The fraction of sp³-hybridized carbons (Fsp3) is 0.316. The number of fused-ring (bicyclic) bond motifs is 1. The number of phenols is 1. The van der Waals surface area contributed by atoms with Crippen LogP contribution in [0.5, 0.6) is 5.75 Å². The molecule has 6 nitrogen and oxygen atoms in total. The zero-order chi connectivity index (χ0) is 18.0. The molecule has 1 saturated carbocycles. The maximum atomic E-state index is 12.2. The second-order valence-corrected chi connectivity index (χ2v) is 6.43. The number of ether oxygens (including phenoxy) is 1. The molecule has 2 aromatic carbocycles. The van der Waals surface area contributed by atoms with Gasteiger partial charge in [-0.3, -0.25) is 4.79 Å². The second-order valence-electron chi connectivity index (χ2n) is 6.43. The molecule has 25 heavy (non-hydrogen) atoms. The molecule has 1 fully saturated rings. The number of nitriles is 1. The summed E-state index contributed by atoms with van der Waals surface area (Å²) in [5.41, 5.74) is -0.939. The van der Waals surface area contributed by atoms with Crippen molar-refractivity contribution in [2.45, 2.75) is 25.3 Å². The minimum absolute atomic E-state index is 0.00302. The molecule has 0 heterocycles. The number of hydrogen-bond acceptors (Lipinski definition) is 5. The number of nitrogens with one attached hydrogen (secondary N) is 1. The lowest BCUT2D eigenvalue weighted by Crippen LogP contribution is -2.48. The van der Waals surface area contributed by atoms with E-state index in [4.69, 9.17) is 4.74 Å². The van der Waals surface area contributed by atoms with Gasteiger partial charge in [-0.25, -0.2) is 4.79 Å². The molecule has 1 aliphatic carbocycles. The van der Waals surface area contributed by atoms with Crippen LogP contribution in [0, 0.1) is 17.2 Å². The van der Waals surface area contributed by atoms with Crippen molar-refractivity contribution in [2.24, 2.45) is 5.92 Å². The first-order chi connectivity index (χ1) is 11.9. The van der Waals surface area contributed by atoms with Crippen LogP contribution in [0.4, 0.5) is 0 Å². The van der Waals surface area contributed by atoms with E-state index in [-0.39, 0.29) is 17.2 Å². The molecule has 0 aliphatic heterocycles. The highest BCUT2D eigenvalue weighted by Crippen LogP contribution is 2.39. The van der Waals surface area contributed by atoms with E-state index < -0.39 is 24.0 Å². The SMILES string of the molecule is C[C@](C#N)(NC(=O)COC(=O)c1cc2ccccc2cc1O)C1CC1. The first-order valence-corrected chi connectivity index (χ1v) is 8.04. The van der Waals surface area contributed by atoms with Crippen molar-refractivity contribution in [1.82, 2.24) is 5.32 Å². The molecule has 0 saturated heterocycles. The summed E-state index contributed by atoms with van der Waals surface area (Å²) in [4.78, 5) is 24.1. The third kappa shape index (κ3) is 3.56. The molecule has 0 spiro atoms. The molecule has 6 heteroatoms. The second kappa shape index (κ2) is 6.44. The molecular weight excluding hydrogens is 320 g/mol. The molecule has 1 amide bonds. The standard InChI is InChI=1S/C19H18N2O4/c1-19(11-20,14-6-7-14)21-17(23)10-25-18(24)15-8-12-4-2-3-5-13(12)9-16(15)22/h2-5,8-9,14,22H,6-7,10H2,1H3,(H,21,23)/t19-/m1/s1. The normalized spacial score (nSPS) is 15.8. The highest BCUT2D eigenvalue weighted by atomic mass is 16.5. The summed E-state index contributed by atoms with van der Waals surface area (Å²) >= 11 is 0. The first-order valence-electron chi connectivity index (χ1n) is 8.04. The summed E-state index contributed by atoms with van der Waals surface area (Å²) in [6.07, 6.45) is 1.80. The van der Waals surface area contributed by atoms with Crippen molar-refractivity contribution >= 4 is 22.6 Å². The summed E-state index contributed by atoms with van der Waals surface area (Å²) in [7, 11) is 0. The number of amides is 1. The van der Waals surface area contributed by atoms with Crippen molar-refractivity contribution in [2.75, 3.05) is 6.61 Å². The van der Waals surface area contributed by atoms with Crippen molar-refractivity contribution in [3.05, 3.63) is 42.0 Å². The van der Waals surface area contributed by atoms with Crippen LogP contribution in [0.3, 0.4) is 0 Å². The highest BCUT2D eigenvalue weighted by Gasteiger charge is 2.43. The molecule has 2 N–H and O–H groups in total. The Kier molecular flexibility index (Phi) is 4.32. The Bertz CT molecular complexity index is 883. The van der Waals surface area contributed by atoms with Gasteiger partial charge in [0.05, 0.1) is 6.07 Å². The number of carbonyl (C=O) groups is 2. The van der Waals surface area contributed by atoms with Gasteiger partial charge < -0.3 is 15.2 Å². The molecule has 0 unspecified atom stereocenters. The zero-order valence-electron chi connectivity index (χ0n) is 13.8. The average Bonchev–Trinajstić information content (AvgIpc) is 3.44. The number of rotatable bonds is 5. The fourth-order valence-corrected chi connectivity index (χ4v) is 2.81. The lowest BCUT2D eigenvalue weighted by Gasteiger charge is -2.22. The van der Waals surface area contributed by atoms with E-state index in [1.165, 1.54) is 12.1 Å². The summed E-state index contributed by atoms with van der Waals surface area (Å²) in [5, 5.41) is 23.4. The van der Waals surface area contributed by atoms with Crippen molar-refractivity contribution in [3.8, 4) is 11.8 Å². The monoisotopic (exact) mass is 338 g/mol. The van der Waals surface area contributed by atoms with Gasteiger partial charge in [0, 0.05) is 0 Å². The van der Waals surface area contributed by atoms with Gasteiger partial charge in [0.15, 0.2) is 6.61 Å². The molecule has 128 valence electrons. The number of benzene rings is 2. The molecule has 1 aliphatic rings. The van der Waals surface area contributed by atoms with Crippen LogP contribution in [0.1, 0.15) is 30.1 Å². The van der Waals surface area contributed by atoms with Crippen LogP contribution in [0.15, 0.2) is 36.4 Å². The van der Waals surface area contributed by atoms with Crippen LogP contribution in [-0.2, 0) is 9.53 Å². The van der Waals surface area contributed by atoms with Gasteiger partial charge >= 0.3 is 5.97 Å². The van der Waals surface area contributed by atoms with E-state index in [1.54, 1.807) is 6.92 Å². The largest absolute Gasteiger partial charge is 0.507 e. The fourth-order valence-electron chi connectivity index (χ4n) is 2.81. The molecule has 0 bridgehead atoms. The average molecular weight is 338 g/mol. The molecular formula is C19H18N2O4. The Morgan fingerprint density at radius 1 is 1.32 bits per heavy atom. The third-order valence-electron chi connectivity index (χ3n) is 4.44. The Labute approximate surface area is 145 Å². The van der Waals surface area contributed by atoms with Crippen LogP contribution in [0.2, 0.25) is 0 Å². The number of nitrogens with zero attached hydrogens (tertiary/aromatic N) is 1. The van der Waals surface area contributed by atoms with Gasteiger partial charge in [-0.05, 0) is 48.6 Å². The Morgan fingerprint density at radius 2 is 1.96 bits per heavy atom. The first kappa shape index (κ1) is 16.8. The van der Waals surface area contributed by atoms with Crippen LogP contribution in [0.25, 0.3) is 10.8 Å². The van der Waals surface area contributed by atoms with Crippen LogP contribution < -0.4 is 5.32 Å². The number of phenolic OH excluding ortho intramolecular Hbond substituents is 1. The summed E-state index contributed by atoms with van der Waals surface area (Å²) in [6.45, 7) is 1.16. The minimum atomic E-state index is -0.936. The Hall–Kier alpha value is -3.07. The third-order valence-corrected chi connectivity index (χ3v) is 4.44. The van der Waals surface area contributed by atoms with Crippen LogP contribution in [-0.4, -0.2) is 29.1 Å². The maximum absolute atomic E-state index is 12.2. The van der Waals surface area contributed by atoms with E-state index in [9.17, 15) is 20.0 Å². The van der Waals surface area contributed by atoms with E-state index in [1.807, 2.05) is 24.3 Å². The number of carbonyl (C=O) groups excluding carboxylic acids is 2. The quantitative estimate of drug-likeness (QED) is 0.816. The van der Waals surface area contributed by atoms with Crippen LogP contribution >= 0.6 is 0 Å². The Morgan fingerprint density at radius 3 is 2.56 bits per heavy atom. The number of aromatic hydroxyl groups is 1. The highest BCUT2D eigenvalue weighted by molar-refractivity contribution is 5.99. The van der Waals surface area contributed by atoms with Crippen molar-refractivity contribution < 1.29 is 19.4 Å². The summed E-state index contributed by atoms with van der Waals surface area (Å²) in [6, 6.07) is 12.4. The molecule has 0 radical (unpaired) electrons. The maximum Gasteiger partial charge on any atom is 0.342 e. The molecule has 1 atom stereocenters. The van der Waals surface area contributed by atoms with Crippen molar-refractivity contribution in [3.63, 3.8) is 0 Å². The van der Waals surface area contributed by atoms with Gasteiger partial charge in [0.25, 0.3) is 5.91 Å². The van der Waals surface area contributed by atoms with Gasteiger partial charge in [-0.2, -0.15) is 5.26 Å². The van der Waals surface area contributed by atoms with Crippen molar-refractivity contribution in [1.29, 1.82) is 5.26 Å². The predicted octanol–water partition coefficient (Wildman–Crippen LogP) is 2.51. The summed E-state index contributed by atoms with van der Waals surface area (Å²) < 4.78 is 4.99. The lowest BCUT2D eigenvalue weighted by molar-refractivity contribution is -0.125. The van der Waals surface area contributed by atoms with Gasteiger partial charge in [-0.1, -0.05) is 24.3 Å². The summed E-state index contributed by atoms with van der Waals surface area (Å²) in [5.74, 6) is -1.39. The molecule has 3 rings (SSSR count). The smallest absolute Gasteiger partial charge is 0.342 e. The lowest BCUT2D eigenvalue weighted by atomic mass is 9.98. The van der Waals surface area contributed by atoms with Gasteiger partial charge in [0.2, 0.25) is 0 Å². The molecule has 0 aromatic heterocycles. The van der Waals surface area contributed by atoms with E-state index in [2.05, 4.69) is 11.4 Å². The Balaban J connectivity index is 1.65. The topological polar surface area (TPSA) is 99.4 Å². The number of esters is 1. The van der Waals surface area contributed by atoms with E-state index in [0.29, 0.717) is 0 Å².